The number of nitrogens with two attached hydrogens (primary N) is 1. The summed E-state index contributed by atoms with van der Waals surface area (Å²) in [6, 6.07) is 5.52. The molecule has 16 heavy (non-hydrogen) atoms. The lowest BCUT2D eigenvalue weighted by Gasteiger charge is -2.03. The molecule has 2 aromatic rings. The Morgan fingerprint density at radius 1 is 1.25 bits per heavy atom. The van der Waals surface area contributed by atoms with Crippen molar-refractivity contribution in [3.63, 3.8) is 0 Å². The number of nitrogens with one attached hydrogen (secondary N) is 1. The SMILES string of the molecule is NCCc1[nH]ncc1-c1ccc(Cl)c(Cl)c1. The third-order valence-corrected chi connectivity index (χ3v) is 3.08. The number of H-pyrrole nitrogens is 1. The molecule has 0 bridgehead atoms. The van der Waals surface area contributed by atoms with Gasteiger partial charge in [0, 0.05) is 17.7 Å². The Bertz CT molecular complexity index is 494. The summed E-state index contributed by atoms with van der Waals surface area (Å²) < 4.78 is 0. The highest BCUT2D eigenvalue weighted by Crippen LogP contribution is 2.29. The van der Waals surface area contributed by atoms with Crippen molar-refractivity contribution in [2.24, 2.45) is 5.73 Å². The molecular formula is C11H11Cl2N3. The molecule has 0 unspecified atom stereocenters. The Morgan fingerprint density at radius 3 is 2.75 bits per heavy atom. The minimum atomic E-state index is 0.541. The topological polar surface area (TPSA) is 54.7 Å². The van der Waals surface area contributed by atoms with Crippen LogP contribution in [0.1, 0.15) is 5.69 Å². The van der Waals surface area contributed by atoms with Gasteiger partial charge in [0.1, 0.15) is 0 Å². The number of benzene rings is 1. The number of aromatic nitrogens is 2. The summed E-state index contributed by atoms with van der Waals surface area (Å²) in [5.41, 5.74) is 8.55. The van der Waals surface area contributed by atoms with Gasteiger partial charge < -0.3 is 5.73 Å². The fourth-order valence-electron chi connectivity index (χ4n) is 1.56. The lowest BCUT2D eigenvalue weighted by atomic mass is 10.1. The summed E-state index contributed by atoms with van der Waals surface area (Å²) in [7, 11) is 0. The van der Waals surface area contributed by atoms with Gasteiger partial charge in [0.25, 0.3) is 0 Å². The average molecular weight is 256 g/mol. The van der Waals surface area contributed by atoms with Crippen LogP contribution in [0.4, 0.5) is 0 Å². The molecule has 5 heteroatoms. The number of rotatable bonds is 3. The molecule has 0 aliphatic rings. The maximum atomic E-state index is 5.97. The fraction of sp³-hybridized carbons (Fsp3) is 0.182. The quantitative estimate of drug-likeness (QED) is 0.887. The molecule has 0 radical (unpaired) electrons. The maximum absolute atomic E-state index is 5.97. The van der Waals surface area contributed by atoms with Gasteiger partial charge >= 0.3 is 0 Å². The van der Waals surface area contributed by atoms with E-state index >= 15 is 0 Å². The van der Waals surface area contributed by atoms with Gasteiger partial charge in [-0.05, 0) is 24.2 Å². The van der Waals surface area contributed by atoms with Crippen molar-refractivity contribution in [2.75, 3.05) is 6.54 Å². The minimum Gasteiger partial charge on any atom is -0.330 e. The molecule has 0 aliphatic heterocycles. The zero-order valence-electron chi connectivity index (χ0n) is 8.50. The summed E-state index contributed by atoms with van der Waals surface area (Å²) in [5.74, 6) is 0. The van der Waals surface area contributed by atoms with E-state index in [1.54, 1.807) is 12.3 Å². The fourth-order valence-corrected chi connectivity index (χ4v) is 1.86. The van der Waals surface area contributed by atoms with Crippen molar-refractivity contribution in [2.45, 2.75) is 6.42 Å². The van der Waals surface area contributed by atoms with Crippen molar-refractivity contribution >= 4 is 23.2 Å². The Hall–Kier alpha value is -1.03. The number of hydrogen-bond donors (Lipinski definition) is 2. The zero-order valence-corrected chi connectivity index (χ0v) is 10.0. The first kappa shape index (κ1) is 11.5. The van der Waals surface area contributed by atoms with Crippen molar-refractivity contribution in [1.29, 1.82) is 0 Å². The summed E-state index contributed by atoms with van der Waals surface area (Å²) in [6.45, 7) is 0.580. The maximum Gasteiger partial charge on any atom is 0.0598 e. The van der Waals surface area contributed by atoms with Crippen LogP contribution >= 0.6 is 23.2 Å². The number of hydrogen-bond acceptors (Lipinski definition) is 2. The molecule has 3 N–H and O–H groups in total. The van der Waals surface area contributed by atoms with Crippen molar-refractivity contribution in [1.82, 2.24) is 10.2 Å². The molecule has 0 atom stereocenters. The minimum absolute atomic E-state index is 0.541. The Kier molecular flexibility index (Phi) is 3.49. The second kappa shape index (κ2) is 4.87. The van der Waals surface area contributed by atoms with Crippen LogP contribution in [0, 0.1) is 0 Å². The predicted molar refractivity (Wildman–Crippen MR) is 66.8 cm³/mol. The normalized spacial score (nSPS) is 10.7. The Morgan fingerprint density at radius 2 is 2.06 bits per heavy atom. The average Bonchev–Trinajstić information content (AvgIpc) is 2.71. The largest absolute Gasteiger partial charge is 0.330 e. The van der Waals surface area contributed by atoms with E-state index < -0.39 is 0 Å². The molecule has 0 amide bonds. The number of nitrogens with zero attached hydrogens (tertiary/aromatic N) is 1. The molecule has 3 nitrogen and oxygen atoms in total. The summed E-state index contributed by atoms with van der Waals surface area (Å²) in [4.78, 5) is 0. The van der Waals surface area contributed by atoms with E-state index in [0.717, 1.165) is 23.2 Å². The standard InChI is InChI=1S/C11H11Cl2N3/c12-9-2-1-7(5-10(9)13)8-6-15-16-11(8)3-4-14/h1-2,5-6H,3-4,14H2,(H,15,16). The van der Waals surface area contributed by atoms with E-state index in [-0.39, 0.29) is 0 Å². The molecule has 84 valence electrons. The van der Waals surface area contributed by atoms with Gasteiger partial charge in [-0.25, -0.2) is 0 Å². The van der Waals surface area contributed by atoms with E-state index in [0.29, 0.717) is 16.6 Å². The Balaban J connectivity index is 2.42. The van der Waals surface area contributed by atoms with Crippen LogP contribution in [0.3, 0.4) is 0 Å². The first-order valence-corrected chi connectivity index (χ1v) is 5.65. The molecule has 0 saturated heterocycles. The van der Waals surface area contributed by atoms with Crippen LogP contribution in [0.2, 0.25) is 10.0 Å². The van der Waals surface area contributed by atoms with Gasteiger partial charge in [0.15, 0.2) is 0 Å². The van der Waals surface area contributed by atoms with Gasteiger partial charge in [0.2, 0.25) is 0 Å². The number of halogens is 2. The van der Waals surface area contributed by atoms with Crippen LogP contribution in [-0.2, 0) is 6.42 Å². The van der Waals surface area contributed by atoms with Crippen LogP contribution in [0.25, 0.3) is 11.1 Å². The number of aromatic amines is 1. The van der Waals surface area contributed by atoms with Crippen LogP contribution in [0.5, 0.6) is 0 Å². The highest BCUT2D eigenvalue weighted by atomic mass is 35.5. The smallest absolute Gasteiger partial charge is 0.0598 e. The van der Waals surface area contributed by atoms with Gasteiger partial charge in [-0.15, -0.1) is 0 Å². The summed E-state index contributed by atoms with van der Waals surface area (Å²) in [5, 5.41) is 8.04. The molecule has 1 aromatic carbocycles. The van der Waals surface area contributed by atoms with E-state index in [1.807, 2.05) is 12.1 Å². The van der Waals surface area contributed by atoms with Gasteiger partial charge in [-0.2, -0.15) is 5.10 Å². The molecular weight excluding hydrogens is 245 g/mol. The second-order valence-corrected chi connectivity index (χ2v) is 4.24. The van der Waals surface area contributed by atoms with Crippen LogP contribution < -0.4 is 5.73 Å². The molecule has 0 spiro atoms. The van der Waals surface area contributed by atoms with E-state index in [1.165, 1.54) is 0 Å². The van der Waals surface area contributed by atoms with Crippen molar-refractivity contribution in [3.05, 3.63) is 40.1 Å². The molecule has 2 rings (SSSR count). The molecule has 1 heterocycles. The predicted octanol–water partition coefficient (Wildman–Crippen LogP) is 2.88. The van der Waals surface area contributed by atoms with Gasteiger partial charge in [-0.1, -0.05) is 29.3 Å². The molecule has 0 saturated carbocycles. The third kappa shape index (κ3) is 2.21. The van der Waals surface area contributed by atoms with Gasteiger partial charge in [0.05, 0.1) is 16.2 Å². The van der Waals surface area contributed by atoms with Gasteiger partial charge in [-0.3, -0.25) is 5.10 Å². The lowest BCUT2D eigenvalue weighted by molar-refractivity contribution is 0.902. The van der Waals surface area contributed by atoms with Crippen LogP contribution in [0.15, 0.2) is 24.4 Å². The molecule has 0 aliphatic carbocycles. The van der Waals surface area contributed by atoms with Crippen molar-refractivity contribution in [3.8, 4) is 11.1 Å². The summed E-state index contributed by atoms with van der Waals surface area (Å²) >= 11 is 11.8. The molecule has 1 aromatic heterocycles. The highest BCUT2D eigenvalue weighted by Gasteiger charge is 2.08. The monoisotopic (exact) mass is 255 g/mol. The van der Waals surface area contributed by atoms with E-state index in [9.17, 15) is 0 Å². The third-order valence-electron chi connectivity index (χ3n) is 2.34. The lowest BCUT2D eigenvalue weighted by Crippen LogP contribution is -2.03. The first-order chi connectivity index (χ1) is 7.72. The summed E-state index contributed by atoms with van der Waals surface area (Å²) in [6.07, 6.45) is 2.53. The van der Waals surface area contributed by atoms with Crippen LogP contribution in [-0.4, -0.2) is 16.7 Å². The molecule has 0 fully saturated rings. The van der Waals surface area contributed by atoms with E-state index in [2.05, 4.69) is 10.2 Å². The zero-order chi connectivity index (χ0) is 11.5. The van der Waals surface area contributed by atoms with E-state index in [4.69, 9.17) is 28.9 Å². The first-order valence-electron chi connectivity index (χ1n) is 4.90. The highest BCUT2D eigenvalue weighted by molar-refractivity contribution is 6.42. The Labute approximate surface area is 104 Å². The van der Waals surface area contributed by atoms with Crippen molar-refractivity contribution < 1.29 is 0 Å². The second-order valence-electron chi connectivity index (χ2n) is 3.43.